The summed E-state index contributed by atoms with van der Waals surface area (Å²) in [6, 6.07) is 7.55. The number of aryl methyl sites for hydroxylation is 2. The molecule has 1 aromatic carbocycles. The van der Waals surface area contributed by atoms with E-state index in [2.05, 4.69) is 34.9 Å². The van der Waals surface area contributed by atoms with E-state index in [0.717, 1.165) is 81.8 Å². The number of hydrogen-bond donors (Lipinski definition) is 2. The topological polar surface area (TPSA) is 81.8 Å². The Morgan fingerprint density at radius 3 is 2.70 bits per heavy atom. The molecule has 0 saturated carbocycles. The SMILES string of the molecule is CN=C(NCCCc1nnc2n1CCCCC2)N1CCN(c2ccccc2O)CC1. The van der Waals surface area contributed by atoms with Gasteiger partial charge in [0.25, 0.3) is 0 Å². The summed E-state index contributed by atoms with van der Waals surface area (Å²) < 4.78 is 2.33. The molecule has 2 aromatic rings. The van der Waals surface area contributed by atoms with Crippen LogP contribution < -0.4 is 10.2 Å². The summed E-state index contributed by atoms with van der Waals surface area (Å²) in [4.78, 5) is 9.00. The summed E-state index contributed by atoms with van der Waals surface area (Å²) in [7, 11) is 1.84. The van der Waals surface area contributed by atoms with Crippen LogP contribution in [0.2, 0.25) is 0 Å². The molecule has 8 heteroatoms. The molecule has 1 aromatic heterocycles. The van der Waals surface area contributed by atoms with E-state index in [0.29, 0.717) is 5.75 Å². The number of anilines is 1. The minimum Gasteiger partial charge on any atom is -0.506 e. The summed E-state index contributed by atoms with van der Waals surface area (Å²) >= 11 is 0. The molecule has 0 bridgehead atoms. The monoisotopic (exact) mass is 411 g/mol. The zero-order valence-electron chi connectivity index (χ0n) is 17.9. The fourth-order valence-corrected chi connectivity index (χ4v) is 4.40. The average molecular weight is 412 g/mol. The Morgan fingerprint density at radius 2 is 1.90 bits per heavy atom. The van der Waals surface area contributed by atoms with Gasteiger partial charge in [0, 0.05) is 59.2 Å². The van der Waals surface area contributed by atoms with Crippen molar-refractivity contribution in [2.24, 2.45) is 4.99 Å². The number of nitrogens with zero attached hydrogens (tertiary/aromatic N) is 6. The number of piperazine rings is 1. The van der Waals surface area contributed by atoms with Crippen LogP contribution in [-0.2, 0) is 19.4 Å². The molecular formula is C22H33N7O. The highest BCUT2D eigenvalue weighted by Gasteiger charge is 2.21. The van der Waals surface area contributed by atoms with E-state index in [4.69, 9.17) is 0 Å². The van der Waals surface area contributed by atoms with Crippen molar-refractivity contribution >= 4 is 11.6 Å². The van der Waals surface area contributed by atoms with Crippen molar-refractivity contribution in [1.82, 2.24) is 25.0 Å². The molecule has 0 spiro atoms. The molecule has 3 heterocycles. The summed E-state index contributed by atoms with van der Waals surface area (Å²) in [5, 5.41) is 22.4. The Bertz CT molecular complexity index is 855. The lowest BCUT2D eigenvalue weighted by molar-refractivity contribution is 0.369. The van der Waals surface area contributed by atoms with Gasteiger partial charge in [-0.2, -0.15) is 0 Å². The summed E-state index contributed by atoms with van der Waals surface area (Å²) in [6.45, 7) is 5.42. The second kappa shape index (κ2) is 9.82. The van der Waals surface area contributed by atoms with Gasteiger partial charge in [-0.05, 0) is 31.4 Å². The molecule has 2 N–H and O–H groups in total. The molecule has 0 radical (unpaired) electrons. The summed E-state index contributed by atoms with van der Waals surface area (Å²) in [5.41, 5.74) is 0.910. The number of aromatic nitrogens is 3. The normalized spacial score (nSPS) is 17.6. The molecule has 2 aliphatic rings. The Balaban J connectivity index is 1.23. The predicted molar refractivity (Wildman–Crippen MR) is 119 cm³/mol. The molecule has 0 unspecified atom stereocenters. The van der Waals surface area contributed by atoms with Crippen LogP contribution in [0, 0.1) is 0 Å². The minimum atomic E-state index is 0.347. The number of fused-ring (bicyclic) bond motifs is 1. The molecule has 0 atom stereocenters. The van der Waals surface area contributed by atoms with Crippen LogP contribution in [0.5, 0.6) is 5.75 Å². The smallest absolute Gasteiger partial charge is 0.193 e. The van der Waals surface area contributed by atoms with E-state index in [1.807, 2.05) is 25.2 Å². The van der Waals surface area contributed by atoms with E-state index >= 15 is 0 Å². The van der Waals surface area contributed by atoms with Crippen LogP contribution in [0.15, 0.2) is 29.3 Å². The lowest BCUT2D eigenvalue weighted by atomic mass is 10.2. The number of aromatic hydroxyl groups is 1. The van der Waals surface area contributed by atoms with Crippen molar-refractivity contribution in [2.45, 2.75) is 45.1 Å². The lowest BCUT2D eigenvalue weighted by Crippen LogP contribution is -2.52. The zero-order valence-corrected chi connectivity index (χ0v) is 17.9. The first-order valence-corrected chi connectivity index (χ1v) is 11.2. The van der Waals surface area contributed by atoms with Gasteiger partial charge in [0.1, 0.15) is 17.4 Å². The first-order chi connectivity index (χ1) is 14.8. The predicted octanol–water partition coefficient (Wildman–Crippen LogP) is 2.04. The third-order valence-corrected chi connectivity index (χ3v) is 6.06. The number of para-hydroxylation sites is 2. The van der Waals surface area contributed by atoms with Crippen LogP contribution in [0.1, 0.15) is 37.3 Å². The maximum atomic E-state index is 10.1. The molecule has 1 saturated heterocycles. The summed E-state index contributed by atoms with van der Waals surface area (Å²) in [6.07, 6.45) is 6.76. The molecule has 0 amide bonds. The molecule has 4 rings (SSSR count). The molecule has 30 heavy (non-hydrogen) atoms. The lowest BCUT2D eigenvalue weighted by Gasteiger charge is -2.37. The highest BCUT2D eigenvalue weighted by Crippen LogP contribution is 2.27. The quantitative estimate of drug-likeness (QED) is 0.445. The molecule has 1 fully saturated rings. The minimum absolute atomic E-state index is 0.347. The van der Waals surface area contributed by atoms with Gasteiger partial charge in [0.15, 0.2) is 5.96 Å². The maximum absolute atomic E-state index is 10.1. The van der Waals surface area contributed by atoms with Crippen LogP contribution in [0.3, 0.4) is 0 Å². The number of nitrogens with one attached hydrogen (secondary N) is 1. The average Bonchev–Trinajstić information content (AvgIpc) is 3.00. The van der Waals surface area contributed by atoms with Gasteiger partial charge in [0.2, 0.25) is 0 Å². The van der Waals surface area contributed by atoms with Crippen LogP contribution in [0.4, 0.5) is 5.69 Å². The van der Waals surface area contributed by atoms with Crippen molar-refractivity contribution in [2.75, 3.05) is 44.7 Å². The maximum Gasteiger partial charge on any atom is 0.193 e. The van der Waals surface area contributed by atoms with Crippen LogP contribution in [-0.4, -0.2) is 70.5 Å². The molecular weight excluding hydrogens is 378 g/mol. The van der Waals surface area contributed by atoms with Crippen molar-refractivity contribution in [1.29, 1.82) is 0 Å². The fraction of sp³-hybridized carbons (Fsp3) is 0.591. The molecule has 162 valence electrons. The Morgan fingerprint density at radius 1 is 1.07 bits per heavy atom. The van der Waals surface area contributed by atoms with Gasteiger partial charge in [-0.1, -0.05) is 18.6 Å². The molecule has 8 nitrogen and oxygen atoms in total. The second-order valence-electron chi connectivity index (χ2n) is 8.04. The van der Waals surface area contributed by atoms with E-state index in [-0.39, 0.29) is 0 Å². The fourth-order valence-electron chi connectivity index (χ4n) is 4.40. The van der Waals surface area contributed by atoms with Gasteiger partial charge >= 0.3 is 0 Å². The van der Waals surface area contributed by atoms with Gasteiger partial charge < -0.3 is 24.8 Å². The third-order valence-electron chi connectivity index (χ3n) is 6.06. The second-order valence-corrected chi connectivity index (χ2v) is 8.04. The number of benzene rings is 1. The number of rotatable bonds is 5. The largest absolute Gasteiger partial charge is 0.506 e. The highest BCUT2D eigenvalue weighted by molar-refractivity contribution is 5.80. The zero-order chi connectivity index (χ0) is 20.8. The van der Waals surface area contributed by atoms with Crippen LogP contribution in [0.25, 0.3) is 0 Å². The van der Waals surface area contributed by atoms with Gasteiger partial charge in [-0.15, -0.1) is 10.2 Å². The molecule has 0 aliphatic carbocycles. The van der Waals surface area contributed by atoms with Crippen molar-refractivity contribution in [3.8, 4) is 5.75 Å². The number of hydrogen-bond acceptors (Lipinski definition) is 5. The Labute approximate surface area is 178 Å². The van der Waals surface area contributed by atoms with Crippen LogP contribution >= 0.6 is 0 Å². The van der Waals surface area contributed by atoms with E-state index in [1.165, 1.54) is 19.3 Å². The molecule has 2 aliphatic heterocycles. The standard InChI is InChI=1S/C22H33N7O/c1-23-22(28-16-14-27(15-17-28)18-8-4-5-9-19(18)30)24-12-7-11-21-26-25-20-10-3-2-6-13-29(20)21/h4-5,8-9,30H,2-3,6-7,10-17H2,1H3,(H,23,24). The number of guanidine groups is 1. The van der Waals surface area contributed by atoms with E-state index < -0.39 is 0 Å². The Hall–Kier alpha value is -2.77. The number of aliphatic imine (C=N–C) groups is 1. The van der Waals surface area contributed by atoms with E-state index in [1.54, 1.807) is 6.07 Å². The van der Waals surface area contributed by atoms with Crippen molar-refractivity contribution in [3.05, 3.63) is 35.9 Å². The highest BCUT2D eigenvalue weighted by atomic mass is 16.3. The van der Waals surface area contributed by atoms with Gasteiger partial charge in [0.05, 0.1) is 5.69 Å². The number of phenols is 1. The summed E-state index contributed by atoms with van der Waals surface area (Å²) in [5.74, 6) is 3.58. The van der Waals surface area contributed by atoms with Gasteiger partial charge in [-0.25, -0.2) is 0 Å². The first kappa shape index (κ1) is 20.5. The Kier molecular flexibility index (Phi) is 6.71. The van der Waals surface area contributed by atoms with Gasteiger partial charge in [-0.3, -0.25) is 4.99 Å². The van der Waals surface area contributed by atoms with E-state index in [9.17, 15) is 5.11 Å². The van der Waals surface area contributed by atoms with Crippen molar-refractivity contribution < 1.29 is 5.11 Å². The van der Waals surface area contributed by atoms with Crippen molar-refractivity contribution in [3.63, 3.8) is 0 Å². The number of phenolic OH excluding ortho intramolecular Hbond substituents is 1. The third kappa shape index (κ3) is 4.68. The first-order valence-electron chi connectivity index (χ1n) is 11.2.